The van der Waals surface area contributed by atoms with Crippen LogP contribution < -0.4 is 9.80 Å². The van der Waals surface area contributed by atoms with Crippen molar-refractivity contribution in [2.45, 2.75) is 166 Å². The number of hydrogen-bond acceptors (Lipinski definition) is 4. The number of phenols is 1. The molecule has 4 fully saturated rings. The molecular weight excluding hydrogens is 1140 g/mol. The molecule has 0 saturated heterocycles. The van der Waals surface area contributed by atoms with E-state index in [4.69, 9.17) is 4.42 Å². The number of aromatic hydroxyl groups is 1. The first-order chi connectivity index (χ1) is 46.4. The normalized spacial score (nSPS) is 16.5. The second kappa shape index (κ2) is 25.0. The minimum atomic E-state index is 0.281. The Morgan fingerprint density at radius 1 is 0.309 bits per heavy atom. The monoisotopic (exact) mass is 1230 g/mol. The van der Waals surface area contributed by atoms with Crippen LogP contribution in [0.25, 0.3) is 87.6 Å². The molecule has 4 saturated carbocycles. The van der Waals surface area contributed by atoms with E-state index < -0.39 is 0 Å². The summed E-state index contributed by atoms with van der Waals surface area (Å²) in [5.74, 6) is 2.24. The number of fused-ring (bicyclic) bond motifs is 3. The van der Waals surface area contributed by atoms with E-state index in [-0.39, 0.29) is 5.75 Å². The number of para-hydroxylation sites is 3. The molecule has 4 aliphatic carbocycles. The van der Waals surface area contributed by atoms with Crippen molar-refractivity contribution in [1.29, 1.82) is 0 Å². The zero-order valence-corrected chi connectivity index (χ0v) is 54.9. The summed E-state index contributed by atoms with van der Waals surface area (Å²) in [5.41, 5.74) is 22.9. The van der Waals surface area contributed by atoms with E-state index in [2.05, 4.69) is 236 Å². The Morgan fingerprint density at radius 2 is 0.713 bits per heavy atom. The molecule has 12 aromatic carbocycles. The second-order valence-electron chi connectivity index (χ2n) is 28.6. The number of aryl methyl sites for hydroxylation is 2. The summed E-state index contributed by atoms with van der Waals surface area (Å²) in [6.07, 6.45) is 25.0. The lowest BCUT2D eigenvalue weighted by molar-refractivity contribution is 0.443. The van der Waals surface area contributed by atoms with Gasteiger partial charge in [0.2, 0.25) is 0 Å². The van der Waals surface area contributed by atoms with Gasteiger partial charge in [-0.2, -0.15) is 0 Å². The lowest BCUT2D eigenvalue weighted by Crippen LogP contribution is -2.15. The molecule has 1 heterocycles. The molecule has 1 N–H and O–H groups in total. The van der Waals surface area contributed by atoms with Crippen LogP contribution in [0.15, 0.2) is 217 Å². The molecule has 0 unspecified atom stereocenters. The van der Waals surface area contributed by atoms with E-state index in [1.54, 1.807) is 0 Å². The van der Waals surface area contributed by atoms with Crippen LogP contribution in [0.2, 0.25) is 0 Å². The fourth-order valence-electron chi connectivity index (χ4n) is 18.1. The zero-order valence-electron chi connectivity index (χ0n) is 54.9. The predicted octanol–water partition coefficient (Wildman–Crippen LogP) is 26.9. The highest BCUT2D eigenvalue weighted by Gasteiger charge is 2.32. The molecule has 13 aromatic rings. The van der Waals surface area contributed by atoms with Crippen LogP contribution in [0, 0.1) is 13.8 Å². The quantitative estimate of drug-likeness (QED) is 0.117. The number of benzene rings is 12. The van der Waals surface area contributed by atoms with Crippen LogP contribution in [0.5, 0.6) is 5.75 Å². The Balaban J connectivity index is 0.937. The van der Waals surface area contributed by atoms with Gasteiger partial charge in [-0.25, -0.2) is 0 Å². The summed E-state index contributed by atoms with van der Waals surface area (Å²) in [5, 5.41) is 23.5. The first-order valence-electron chi connectivity index (χ1n) is 36.0. The maximum atomic E-state index is 13.4. The van der Waals surface area contributed by atoms with Gasteiger partial charge in [0.1, 0.15) is 11.3 Å². The Kier molecular flexibility index (Phi) is 15.6. The smallest absolute Gasteiger partial charge is 0.159 e. The molecule has 4 aliphatic rings. The Hall–Kier alpha value is -9.12. The van der Waals surface area contributed by atoms with Crippen LogP contribution in [0.4, 0.5) is 34.1 Å². The molecule has 468 valence electrons. The number of furan rings is 1. The third kappa shape index (κ3) is 10.4. The van der Waals surface area contributed by atoms with E-state index >= 15 is 0 Å². The van der Waals surface area contributed by atoms with Crippen molar-refractivity contribution in [2.24, 2.45) is 0 Å². The van der Waals surface area contributed by atoms with Gasteiger partial charge < -0.3 is 19.3 Å². The van der Waals surface area contributed by atoms with Crippen LogP contribution in [-0.2, 0) is 0 Å². The van der Waals surface area contributed by atoms with Gasteiger partial charge in [-0.15, -0.1) is 0 Å². The standard InChI is InChI=1S/C90H86N2O2/c1-58-23-15-17-35-70(58)66-33-19-34-67(55-66)72-37-21-41-82(88(72)93)91(68-47-43-62(44-48-68)60-25-7-3-8-26-60)84-56-80(64-29-11-5-12-30-64)73-52-54-79-85(57-81(65-31-13-6-14-32-65)74-51-53-78(84)86(73)87(74)79)92(69-49-45-63(46-50-69)61-27-9-4-10-28-61)83-42-22-40-77-76-39-20-38-75(89(76)94-90(77)83)71-36-18-16-24-59(71)2/h15-24,33-57,60-61,64-65,93H,3-14,25-32H2,1-2H3. The summed E-state index contributed by atoms with van der Waals surface area (Å²) in [6.45, 7) is 4.39. The molecule has 4 heteroatoms. The molecule has 1 aromatic heterocycles. The Morgan fingerprint density at radius 3 is 1.24 bits per heavy atom. The minimum Gasteiger partial charge on any atom is -0.505 e. The van der Waals surface area contributed by atoms with Gasteiger partial charge in [0, 0.05) is 44.0 Å². The predicted molar refractivity (Wildman–Crippen MR) is 398 cm³/mol. The summed E-state index contributed by atoms with van der Waals surface area (Å²) in [7, 11) is 0. The molecule has 0 bridgehead atoms. The number of nitrogens with zero attached hydrogens (tertiary/aromatic N) is 2. The molecule has 0 amide bonds. The van der Waals surface area contributed by atoms with Crippen molar-refractivity contribution < 1.29 is 9.52 Å². The molecule has 0 aliphatic heterocycles. The van der Waals surface area contributed by atoms with Gasteiger partial charge in [-0.05, 0) is 221 Å². The minimum absolute atomic E-state index is 0.281. The van der Waals surface area contributed by atoms with E-state index in [1.807, 2.05) is 0 Å². The van der Waals surface area contributed by atoms with Crippen molar-refractivity contribution in [1.82, 2.24) is 0 Å². The fraction of sp³-hybridized carbons (Fsp3) is 0.289. The third-order valence-electron chi connectivity index (χ3n) is 23.0. The van der Waals surface area contributed by atoms with Crippen molar-refractivity contribution in [2.75, 3.05) is 9.80 Å². The summed E-state index contributed by atoms with van der Waals surface area (Å²) in [4.78, 5) is 5.05. The Bertz CT molecular complexity index is 4930. The first-order valence-corrected chi connectivity index (χ1v) is 36.0. The average Bonchev–Trinajstić information content (AvgIpc) is 0.729. The molecule has 17 rings (SSSR count). The maximum absolute atomic E-state index is 13.4. The number of rotatable bonds is 13. The van der Waals surface area contributed by atoms with Gasteiger partial charge in [0.15, 0.2) is 5.58 Å². The summed E-state index contributed by atoms with van der Waals surface area (Å²) < 4.78 is 7.50. The van der Waals surface area contributed by atoms with Crippen molar-refractivity contribution >= 4 is 88.4 Å². The molecule has 0 radical (unpaired) electrons. The highest BCUT2D eigenvalue weighted by molar-refractivity contribution is 6.30. The SMILES string of the molecule is Cc1ccccc1-c1cccc(-c2cccc(N(c3ccc(C4CCCCC4)cc3)c3cc(C4CCCCC4)c4ccc5c(N(c6ccc(C7CCCCC7)cc6)c6cccc7c6oc6c(-c8ccccc8C)cccc67)cc(C6CCCCC6)c6ccc3c4c65)c2O)c1. The molecular formula is C90H86N2O2. The first kappa shape index (κ1) is 58.7. The summed E-state index contributed by atoms with van der Waals surface area (Å²) >= 11 is 0. The van der Waals surface area contributed by atoms with Gasteiger partial charge in [-0.3, -0.25) is 0 Å². The zero-order chi connectivity index (χ0) is 62.8. The van der Waals surface area contributed by atoms with Crippen molar-refractivity contribution in [3.8, 4) is 39.1 Å². The highest BCUT2D eigenvalue weighted by Crippen LogP contribution is 2.56. The molecule has 4 nitrogen and oxygen atoms in total. The van der Waals surface area contributed by atoms with E-state index in [9.17, 15) is 5.11 Å². The lowest BCUT2D eigenvalue weighted by Gasteiger charge is -2.34. The fourth-order valence-corrected chi connectivity index (χ4v) is 18.1. The average molecular weight is 1230 g/mol. The molecule has 0 spiro atoms. The van der Waals surface area contributed by atoms with Gasteiger partial charge in [0.25, 0.3) is 0 Å². The van der Waals surface area contributed by atoms with Crippen LogP contribution in [0.1, 0.15) is 185 Å². The molecule has 94 heavy (non-hydrogen) atoms. The van der Waals surface area contributed by atoms with Crippen molar-refractivity contribution in [3.63, 3.8) is 0 Å². The highest BCUT2D eigenvalue weighted by atomic mass is 16.3. The van der Waals surface area contributed by atoms with E-state index in [0.717, 1.165) is 85.5 Å². The van der Waals surface area contributed by atoms with Crippen LogP contribution in [0.3, 0.4) is 0 Å². The topological polar surface area (TPSA) is 39.9 Å². The van der Waals surface area contributed by atoms with E-state index in [0.29, 0.717) is 23.7 Å². The maximum Gasteiger partial charge on any atom is 0.159 e. The van der Waals surface area contributed by atoms with Crippen molar-refractivity contribution in [3.05, 3.63) is 246 Å². The van der Waals surface area contributed by atoms with Gasteiger partial charge in [-0.1, -0.05) is 235 Å². The Labute approximate surface area is 555 Å². The lowest BCUT2D eigenvalue weighted by atomic mass is 9.77. The van der Waals surface area contributed by atoms with Gasteiger partial charge in [0.05, 0.1) is 22.7 Å². The van der Waals surface area contributed by atoms with Gasteiger partial charge >= 0.3 is 0 Å². The van der Waals surface area contributed by atoms with Crippen LogP contribution in [-0.4, -0.2) is 5.11 Å². The number of hydrogen-bond donors (Lipinski definition) is 1. The summed E-state index contributed by atoms with van der Waals surface area (Å²) in [6, 6.07) is 80.7. The van der Waals surface area contributed by atoms with Crippen LogP contribution >= 0.6 is 0 Å². The second-order valence-corrected chi connectivity index (χ2v) is 28.6. The number of phenolic OH excluding ortho intramolecular Hbond substituents is 1. The third-order valence-corrected chi connectivity index (χ3v) is 23.0. The largest absolute Gasteiger partial charge is 0.505 e. The van der Waals surface area contributed by atoms with E-state index in [1.165, 1.54) is 198 Å². The molecule has 0 atom stereocenters. The number of anilines is 6.